The molecule has 1 saturated heterocycles. The van der Waals surface area contributed by atoms with Crippen LogP contribution in [0.2, 0.25) is 0 Å². The lowest BCUT2D eigenvalue weighted by Crippen LogP contribution is -2.45. The van der Waals surface area contributed by atoms with Gasteiger partial charge in [0.15, 0.2) is 6.23 Å². The van der Waals surface area contributed by atoms with Crippen molar-refractivity contribution in [3.63, 3.8) is 0 Å². The van der Waals surface area contributed by atoms with Gasteiger partial charge in [0, 0.05) is 6.20 Å². The van der Waals surface area contributed by atoms with Crippen LogP contribution in [0.25, 0.3) is 0 Å². The first kappa shape index (κ1) is 27.9. The third kappa shape index (κ3) is 7.34. The number of phosphoric ester groups is 2. The van der Waals surface area contributed by atoms with Crippen LogP contribution in [0.3, 0.4) is 0 Å². The number of nitrogens with two attached hydrogens (primary N) is 1. The zero-order valence-corrected chi connectivity index (χ0v) is 18.8. The standard InChI is InChI=1S/C14H25N3O14P2/c1-14(23,6-18)8(19)5-29-33(26,27)31-32(24,25)28-4-7-10(20)11(21)12(30-7)17-3-2-9(15)16-13(17)22/h2-3,7-8,10-12,18-21,23H,4-6H2,1H3,(H,24,25)(H,26,27)(H2,15,16,22)/t7-,8+,10-,11-,12-,14-/m1/s1. The zero-order valence-electron chi connectivity index (χ0n) is 17.0. The molecule has 19 heteroatoms. The summed E-state index contributed by atoms with van der Waals surface area (Å²) in [7, 11) is -10.6. The van der Waals surface area contributed by atoms with Crippen molar-refractivity contribution in [1.82, 2.24) is 9.55 Å². The van der Waals surface area contributed by atoms with Crippen LogP contribution < -0.4 is 11.4 Å². The van der Waals surface area contributed by atoms with Crippen molar-refractivity contribution in [3.05, 3.63) is 22.7 Å². The van der Waals surface area contributed by atoms with Crippen molar-refractivity contribution < 1.29 is 62.5 Å². The van der Waals surface area contributed by atoms with Gasteiger partial charge in [0.05, 0.1) is 19.8 Å². The fourth-order valence-electron chi connectivity index (χ4n) is 2.51. The highest BCUT2D eigenvalue weighted by atomic mass is 31.3. The second kappa shape index (κ2) is 10.5. The fourth-order valence-corrected chi connectivity index (χ4v) is 4.60. The first-order chi connectivity index (χ1) is 15.1. The Bertz CT molecular complexity index is 973. The van der Waals surface area contributed by atoms with E-state index in [0.29, 0.717) is 0 Å². The Morgan fingerprint density at radius 3 is 2.45 bits per heavy atom. The number of nitrogen functional groups attached to an aromatic ring is 1. The molecule has 2 rings (SSSR count). The summed E-state index contributed by atoms with van der Waals surface area (Å²) in [4.78, 5) is 34.5. The minimum absolute atomic E-state index is 0.106. The lowest BCUT2D eigenvalue weighted by Gasteiger charge is -2.27. The van der Waals surface area contributed by atoms with Crippen LogP contribution in [-0.4, -0.2) is 94.7 Å². The molecule has 17 nitrogen and oxygen atoms in total. The summed E-state index contributed by atoms with van der Waals surface area (Å²) in [5.74, 6) is -0.106. The summed E-state index contributed by atoms with van der Waals surface area (Å²) in [6.07, 6.45) is -7.07. The average molecular weight is 521 g/mol. The van der Waals surface area contributed by atoms with E-state index in [2.05, 4.69) is 18.3 Å². The predicted molar refractivity (Wildman–Crippen MR) is 105 cm³/mol. The van der Waals surface area contributed by atoms with Gasteiger partial charge in [-0.3, -0.25) is 13.6 Å². The number of ether oxygens (including phenoxy) is 1. The van der Waals surface area contributed by atoms with Crippen LogP contribution in [0.15, 0.2) is 17.1 Å². The van der Waals surface area contributed by atoms with Crippen molar-refractivity contribution in [2.75, 3.05) is 25.6 Å². The van der Waals surface area contributed by atoms with Gasteiger partial charge in [0.25, 0.3) is 0 Å². The molecule has 0 radical (unpaired) electrons. The van der Waals surface area contributed by atoms with E-state index in [1.807, 2.05) is 0 Å². The van der Waals surface area contributed by atoms with Gasteiger partial charge in [-0.15, -0.1) is 0 Å². The Balaban J connectivity index is 1.96. The third-order valence-corrected chi connectivity index (χ3v) is 7.11. The van der Waals surface area contributed by atoms with Crippen molar-refractivity contribution in [3.8, 4) is 0 Å². The van der Waals surface area contributed by atoms with Gasteiger partial charge in [-0.25, -0.2) is 13.9 Å². The molecule has 1 aromatic rings. The number of aromatic nitrogens is 2. The maximum Gasteiger partial charge on any atom is 0.481 e. The van der Waals surface area contributed by atoms with Crippen molar-refractivity contribution in [2.24, 2.45) is 0 Å². The molecule has 0 amide bonds. The van der Waals surface area contributed by atoms with Gasteiger partial charge in [0.1, 0.15) is 35.8 Å². The van der Waals surface area contributed by atoms with E-state index in [0.717, 1.165) is 17.7 Å². The molecule has 2 unspecified atom stereocenters. The Morgan fingerprint density at radius 2 is 1.88 bits per heavy atom. The minimum Gasteiger partial charge on any atom is -0.393 e. The SMILES string of the molecule is C[C@@](O)(CO)[C@@H](O)COP(=O)(O)OP(=O)(O)OC[C@H]1O[C@@H](n2ccc(N)nc2=O)[C@H](O)[C@@H]1O. The number of nitrogens with zero attached hydrogens (tertiary/aromatic N) is 2. The number of hydrogen-bond acceptors (Lipinski definition) is 14. The lowest BCUT2D eigenvalue weighted by atomic mass is 10.0. The molecule has 9 N–H and O–H groups in total. The molecule has 1 fully saturated rings. The molecule has 33 heavy (non-hydrogen) atoms. The van der Waals surface area contributed by atoms with Gasteiger partial charge in [-0.2, -0.15) is 9.29 Å². The molecule has 1 aliphatic rings. The topological polar surface area (TPSA) is 274 Å². The lowest BCUT2D eigenvalue weighted by molar-refractivity contribution is -0.107. The maximum atomic E-state index is 12.0. The van der Waals surface area contributed by atoms with Gasteiger partial charge in [-0.05, 0) is 13.0 Å². The average Bonchev–Trinajstić information content (AvgIpc) is 2.98. The number of rotatable bonds is 11. The normalized spacial score (nSPS) is 29.7. The Hall–Kier alpha value is -1.30. The number of phosphoric acid groups is 2. The molecule has 8 atom stereocenters. The highest BCUT2D eigenvalue weighted by Gasteiger charge is 2.46. The smallest absolute Gasteiger partial charge is 0.393 e. The summed E-state index contributed by atoms with van der Waals surface area (Å²) in [6.45, 7) is -1.94. The third-order valence-electron chi connectivity index (χ3n) is 4.50. The number of aliphatic hydroxyl groups is 5. The minimum atomic E-state index is -5.33. The molecule has 0 bridgehead atoms. The summed E-state index contributed by atoms with van der Waals surface area (Å²) in [5.41, 5.74) is 2.35. The Morgan fingerprint density at radius 1 is 1.27 bits per heavy atom. The molecule has 1 aromatic heterocycles. The van der Waals surface area contributed by atoms with E-state index in [9.17, 15) is 44.1 Å². The van der Waals surface area contributed by atoms with Crippen LogP contribution in [0.4, 0.5) is 5.82 Å². The zero-order chi connectivity index (χ0) is 25.2. The first-order valence-electron chi connectivity index (χ1n) is 9.12. The Kier molecular flexibility index (Phi) is 8.92. The summed E-state index contributed by atoms with van der Waals surface area (Å²) in [6, 6.07) is 1.22. The van der Waals surface area contributed by atoms with Crippen molar-refractivity contribution in [2.45, 2.75) is 43.2 Å². The molecule has 0 spiro atoms. The van der Waals surface area contributed by atoms with Gasteiger partial charge in [-0.1, -0.05) is 0 Å². The van der Waals surface area contributed by atoms with Crippen molar-refractivity contribution >= 4 is 21.5 Å². The predicted octanol–water partition coefficient (Wildman–Crippen LogP) is -3.20. The highest BCUT2D eigenvalue weighted by Crippen LogP contribution is 2.60. The summed E-state index contributed by atoms with van der Waals surface area (Å²) >= 11 is 0. The highest BCUT2D eigenvalue weighted by molar-refractivity contribution is 7.61. The van der Waals surface area contributed by atoms with Gasteiger partial charge >= 0.3 is 21.3 Å². The van der Waals surface area contributed by atoms with E-state index in [1.54, 1.807) is 0 Å². The second-order valence-electron chi connectivity index (χ2n) is 7.23. The van der Waals surface area contributed by atoms with E-state index < -0.39 is 77.4 Å². The van der Waals surface area contributed by atoms with Crippen LogP contribution >= 0.6 is 15.6 Å². The monoisotopic (exact) mass is 521 g/mol. The van der Waals surface area contributed by atoms with E-state index >= 15 is 0 Å². The molecule has 0 saturated carbocycles. The number of aliphatic hydroxyl groups excluding tert-OH is 4. The molecule has 0 aromatic carbocycles. The van der Waals surface area contributed by atoms with E-state index in [1.165, 1.54) is 6.07 Å². The number of hydrogen-bond donors (Lipinski definition) is 8. The Labute approximate surface area is 185 Å². The molecule has 2 heterocycles. The van der Waals surface area contributed by atoms with Crippen LogP contribution in [0.5, 0.6) is 0 Å². The first-order valence-corrected chi connectivity index (χ1v) is 12.1. The van der Waals surface area contributed by atoms with Crippen molar-refractivity contribution in [1.29, 1.82) is 0 Å². The molecule has 1 aliphatic heterocycles. The molecular weight excluding hydrogens is 496 g/mol. The van der Waals surface area contributed by atoms with Gasteiger partial charge in [0.2, 0.25) is 0 Å². The molecule has 0 aliphatic carbocycles. The van der Waals surface area contributed by atoms with Crippen LogP contribution in [0.1, 0.15) is 13.2 Å². The van der Waals surface area contributed by atoms with Gasteiger partial charge < -0.3 is 45.8 Å². The van der Waals surface area contributed by atoms with Crippen LogP contribution in [-0.2, 0) is 27.2 Å². The molecular formula is C14H25N3O14P2. The summed E-state index contributed by atoms with van der Waals surface area (Å²) in [5, 5.41) is 48.3. The number of anilines is 1. The summed E-state index contributed by atoms with van der Waals surface area (Å²) < 4.78 is 42.7. The quantitative estimate of drug-likeness (QED) is 0.133. The maximum absolute atomic E-state index is 12.0. The molecule has 190 valence electrons. The second-order valence-corrected chi connectivity index (χ2v) is 10.3. The largest absolute Gasteiger partial charge is 0.481 e. The van der Waals surface area contributed by atoms with Crippen LogP contribution in [0, 0.1) is 0 Å². The fraction of sp³-hybridized carbons (Fsp3) is 0.714. The van der Waals surface area contributed by atoms with E-state index in [-0.39, 0.29) is 5.82 Å². The van der Waals surface area contributed by atoms with E-state index in [4.69, 9.17) is 15.6 Å².